The minimum absolute atomic E-state index is 0.112. The van der Waals surface area contributed by atoms with Crippen molar-refractivity contribution in [2.75, 3.05) is 27.2 Å². The largest absolute Gasteiger partial charge is 0.337 e. The van der Waals surface area contributed by atoms with Crippen molar-refractivity contribution in [1.82, 2.24) is 0 Å². The number of aryl methyl sites for hydroxylation is 4. The van der Waals surface area contributed by atoms with Crippen LogP contribution in [0.15, 0.2) is 158 Å². The van der Waals surface area contributed by atoms with E-state index in [1.54, 1.807) is 0 Å². The van der Waals surface area contributed by atoms with Gasteiger partial charge in [0.2, 0.25) is 0 Å². The third-order valence-corrected chi connectivity index (χ3v) is 14.0. The van der Waals surface area contributed by atoms with E-state index in [9.17, 15) is 0 Å². The van der Waals surface area contributed by atoms with Gasteiger partial charge in [-0.05, 0) is 64.5 Å². The quantitative estimate of drug-likeness (QED) is 0.0905. The number of quaternary nitrogens is 2. The van der Waals surface area contributed by atoms with Crippen LogP contribution in [-0.2, 0) is 48.5 Å². The minimum atomic E-state index is -0.712. The predicted molar refractivity (Wildman–Crippen MR) is 255 cm³/mol. The highest BCUT2D eigenvalue weighted by Gasteiger charge is 2.60. The molecule has 4 atom stereocenters. The Balaban J connectivity index is 1.22. The number of ether oxygens (including phenoxy) is 2. The summed E-state index contributed by atoms with van der Waals surface area (Å²) in [5.41, 5.74) is 13.3. The number of hydrogen-bond acceptors (Lipinski definition) is 2. The predicted octanol–water partition coefficient (Wildman–Crippen LogP) is 12.3. The molecule has 2 aliphatic rings. The standard InChI is InChI=1S/C58H70N2O2/c1-44-20-28-50(29-21-44)38-59(5,39-51-30-22-45(2)23-31-51)42-56-57(43-60(6,40-52-32-24-46(3)25-33-52)41-53-34-26-47(4)27-35-53)62-58(61-56)54(36-48-14-9-7-10-15-48)18-13-19-55(58)37-49-16-11-8-12-17-49/h7-12,14-17,20-35,54-57H,13,18-19,36-43H2,1-6H3/q+2/t54?,55?,56-,57-/m0/s1. The lowest BCUT2D eigenvalue weighted by Crippen LogP contribution is -2.54. The molecule has 6 aromatic rings. The van der Waals surface area contributed by atoms with Crippen LogP contribution in [0, 0.1) is 39.5 Å². The Morgan fingerprint density at radius 2 is 0.694 bits per heavy atom. The van der Waals surface area contributed by atoms with Gasteiger partial charge >= 0.3 is 0 Å². The van der Waals surface area contributed by atoms with Crippen molar-refractivity contribution in [3.05, 3.63) is 213 Å². The Morgan fingerprint density at radius 3 is 0.984 bits per heavy atom. The van der Waals surface area contributed by atoms with E-state index >= 15 is 0 Å². The molecule has 0 aromatic heterocycles. The second kappa shape index (κ2) is 19.3. The normalized spacial score (nSPS) is 20.1. The molecule has 1 saturated carbocycles. The first kappa shape index (κ1) is 43.8. The van der Waals surface area contributed by atoms with E-state index in [1.807, 2.05) is 0 Å². The fraction of sp³-hybridized carbons (Fsp3) is 0.379. The highest BCUT2D eigenvalue weighted by Crippen LogP contribution is 2.51. The monoisotopic (exact) mass is 827 g/mol. The fourth-order valence-corrected chi connectivity index (χ4v) is 10.8. The number of hydrogen-bond donors (Lipinski definition) is 0. The Labute approximate surface area is 373 Å². The topological polar surface area (TPSA) is 18.5 Å². The zero-order chi connectivity index (χ0) is 43.2. The van der Waals surface area contributed by atoms with Crippen molar-refractivity contribution in [3.63, 3.8) is 0 Å². The lowest BCUT2D eigenvalue weighted by atomic mass is 9.71. The van der Waals surface area contributed by atoms with Crippen molar-refractivity contribution >= 4 is 0 Å². The molecule has 1 saturated heterocycles. The summed E-state index contributed by atoms with van der Waals surface area (Å²) in [5.74, 6) is -0.238. The molecule has 2 fully saturated rings. The van der Waals surface area contributed by atoms with Gasteiger partial charge in [-0.15, -0.1) is 0 Å². The summed E-state index contributed by atoms with van der Waals surface area (Å²) in [6.45, 7) is 14.1. The molecule has 0 N–H and O–H groups in total. The molecule has 0 bridgehead atoms. The molecule has 1 aliphatic carbocycles. The number of likely N-dealkylation sites (N-methyl/N-ethyl adjacent to an activating group) is 2. The van der Waals surface area contributed by atoms with Gasteiger partial charge in [-0.1, -0.05) is 186 Å². The van der Waals surface area contributed by atoms with Crippen LogP contribution in [0.25, 0.3) is 0 Å². The number of benzene rings is 6. The molecule has 0 radical (unpaired) electrons. The third kappa shape index (κ3) is 11.0. The van der Waals surface area contributed by atoms with Crippen molar-refractivity contribution < 1.29 is 18.4 Å². The Morgan fingerprint density at radius 1 is 0.403 bits per heavy atom. The van der Waals surface area contributed by atoms with E-state index < -0.39 is 5.79 Å². The molecule has 322 valence electrons. The summed E-state index contributed by atoms with van der Waals surface area (Å²) in [6, 6.07) is 59.0. The molecule has 1 heterocycles. The van der Waals surface area contributed by atoms with Gasteiger partial charge in [0, 0.05) is 34.1 Å². The van der Waals surface area contributed by atoms with Crippen molar-refractivity contribution in [1.29, 1.82) is 0 Å². The summed E-state index contributed by atoms with van der Waals surface area (Å²) in [7, 11) is 4.92. The molecule has 62 heavy (non-hydrogen) atoms. The van der Waals surface area contributed by atoms with Gasteiger partial charge in [0.15, 0.2) is 5.79 Å². The summed E-state index contributed by atoms with van der Waals surface area (Å²) < 4.78 is 17.7. The number of rotatable bonds is 16. The van der Waals surface area contributed by atoms with Crippen molar-refractivity contribution in [2.45, 2.75) is 104 Å². The molecule has 8 rings (SSSR count). The fourth-order valence-electron chi connectivity index (χ4n) is 10.8. The first-order valence-electron chi connectivity index (χ1n) is 23.3. The van der Waals surface area contributed by atoms with E-state index in [0.29, 0.717) is 0 Å². The second-order valence-electron chi connectivity index (χ2n) is 19.9. The Kier molecular flexibility index (Phi) is 13.6. The SMILES string of the molecule is Cc1ccc(C[N+](C)(Cc2ccc(C)cc2)C[C@@H]2OC3(O[C@H]2C[N+](C)(Cc2ccc(C)cc2)Cc2ccc(C)cc2)C(Cc2ccccc2)CCCC3Cc2ccccc2)cc1. The molecular weight excluding hydrogens is 757 g/mol. The van der Waals surface area contributed by atoms with Crippen LogP contribution >= 0.6 is 0 Å². The summed E-state index contributed by atoms with van der Waals surface area (Å²) in [4.78, 5) is 0. The lowest BCUT2D eigenvalue weighted by Gasteiger charge is -2.46. The summed E-state index contributed by atoms with van der Waals surface area (Å²) in [6.07, 6.45) is 5.04. The maximum Gasteiger partial charge on any atom is 0.176 e. The van der Waals surface area contributed by atoms with E-state index in [1.165, 1.54) is 62.1 Å². The van der Waals surface area contributed by atoms with Crippen LogP contribution in [0.4, 0.5) is 0 Å². The highest BCUT2D eigenvalue weighted by atomic mass is 16.8. The van der Waals surface area contributed by atoms with Gasteiger partial charge < -0.3 is 18.4 Å². The molecule has 6 aromatic carbocycles. The van der Waals surface area contributed by atoms with Crippen LogP contribution in [-0.4, -0.2) is 54.1 Å². The molecule has 4 heteroatoms. The summed E-state index contributed by atoms with van der Waals surface area (Å²) in [5, 5.41) is 0. The van der Waals surface area contributed by atoms with Crippen LogP contribution in [0.3, 0.4) is 0 Å². The van der Waals surface area contributed by atoms with Crippen molar-refractivity contribution in [3.8, 4) is 0 Å². The van der Waals surface area contributed by atoms with Crippen molar-refractivity contribution in [2.24, 2.45) is 11.8 Å². The van der Waals surface area contributed by atoms with Gasteiger partial charge in [0.1, 0.15) is 51.5 Å². The van der Waals surface area contributed by atoms with E-state index in [0.717, 1.165) is 73.9 Å². The van der Waals surface area contributed by atoms with E-state index in [2.05, 4.69) is 200 Å². The Hall–Kier alpha value is -4.84. The van der Waals surface area contributed by atoms with Gasteiger partial charge in [-0.3, -0.25) is 0 Å². The van der Waals surface area contributed by atoms with Crippen LogP contribution in [0.1, 0.15) is 74.9 Å². The van der Waals surface area contributed by atoms with E-state index in [4.69, 9.17) is 9.47 Å². The molecule has 2 unspecified atom stereocenters. The minimum Gasteiger partial charge on any atom is -0.337 e. The molecular formula is C58H70N2O2+2. The smallest absolute Gasteiger partial charge is 0.176 e. The van der Waals surface area contributed by atoms with Gasteiger partial charge in [0.25, 0.3) is 0 Å². The third-order valence-electron chi connectivity index (χ3n) is 14.0. The summed E-state index contributed by atoms with van der Waals surface area (Å²) >= 11 is 0. The Bertz CT molecular complexity index is 2040. The average Bonchev–Trinajstić information content (AvgIpc) is 3.60. The molecule has 0 amide bonds. The zero-order valence-corrected chi connectivity index (χ0v) is 38.3. The van der Waals surface area contributed by atoms with Crippen LogP contribution in [0.2, 0.25) is 0 Å². The van der Waals surface area contributed by atoms with E-state index in [-0.39, 0.29) is 24.0 Å². The first-order valence-corrected chi connectivity index (χ1v) is 23.3. The van der Waals surface area contributed by atoms with Gasteiger partial charge in [-0.2, -0.15) is 0 Å². The molecule has 1 spiro atoms. The van der Waals surface area contributed by atoms with Gasteiger partial charge in [-0.25, -0.2) is 0 Å². The zero-order valence-electron chi connectivity index (χ0n) is 38.3. The average molecular weight is 827 g/mol. The van der Waals surface area contributed by atoms with Gasteiger partial charge in [0.05, 0.1) is 14.1 Å². The molecule has 1 aliphatic heterocycles. The maximum absolute atomic E-state index is 8.01. The molecule has 4 nitrogen and oxygen atoms in total. The first-order chi connectivity index (χ1) is 29.9. The number of nitrogens with zero attached hydrogens (tertiary/aromatic N) is 2. The van der Waals surface area contributed by atoms with Crippen LogP contribution in [0.5, 0.6) is 0 Å². The lowest BCUT2D eigenvalue weighted by molar-refractivity contribution is -0.944. The maximum atomic E-state index is 8.01. The second-order valence-corrected chi connectivity index (χ2v) is 19.9. The van der Waals surface area contributed by atoms with Crippen LogP contribution < -0.4 is 0 Å². The highest BCUT2D eigenvalue weighted by molar-refractivity contribution is 5.25.